The summed E-state index contributed by atoms with van der Waals surface area (Å²) >= 11 is 0. The molecule has 0 aliphatic heterocycles. The number of rotatable bonds is 7. The third kappa shape index (κ3) is 4.44. The van der Waals surface area contributed by atoms with Crippen LogP contribution in [0.25, 0.3) is 0 Å². The number of aryl methyl sites for hydroxylation is 1. The van der Waals surface area contributed by atoms with E-state index in [1.54, 1.807) is 6.20 Å². The molecular formula is C11H19N3O2. The maximum atomic E-state index is 10.4. The summed E-state index contributed by atoms with van der Waals surface area (Å²) in [5.74, 6) is -0.794. The maximum absolute atomic E-state index is 10.4. The molecule has 0 aliphatic carbocycles. The average molecular weight is 225 g/mol. The lowest BCUT2D eigenvalue weighted by Gasteiger charge is -2.07. The molecule has 0 bridgehead atoms. The van der Waals surface area contributed by atoms with E-state index >= 15 is 0 Å². The van der Waals surface area contributed by atoms with Crippen LogP contribution in [0.15, 0.2) is 12.4 Å². The van der Waals surface area contributed by atoms with Crippen molar-refractivity contribution >= 4 is 5.97 Å². The third-order valence-electron chi connectivity index (χ3n) is 2.37. The van der Waals surface area contributed by atoms with Crippen molar-refractivity contribution in [1.29, 1.82) is 0 Å². The molecule has 0 aliphatic rings. The zero-order chi connectivity index (χ0) is 12.0. The molecule has 0 fully saturated rings. The molecule has 0 saturated heterocycles. The number of aliphatic carboxylic acids is 1. The van der Waals surface area contributed by atoms with Crippen molar-refractivity contribution in [2.45, 2.75) is 45.2 Å². The van der Waals surface area contributed by atoms with E-state index in [-0.39, 0.29) is 12.5 Å². The Morgan fingerprint density at radius 1 is 1.69 bits per heavy atom. The molecule has 0 spiro atoms. The molecule has 1 rings (SSSR count). The van der Waals surface area contributed by atoms with Gasteiger partial charge in [0.25, 0.3) is 0 Å². The van der Waals surface area contributed by atoms with Gasteiger partial charge in [-0.1, -0.05) is 6.92 Å². The predicted molar refractivity (Wildman–Crippen MR) is 61.1 cm³/mol. The van der Waals surface area contributed by atoms with Crippen molar-refractivity contribution in [2.24, 2.45) is 5.73 Å². The van der Waals surface area contributed by atoms with E-state index in [4.69, 9.17) is 10.8 Å². The van der Waals surface area contributed by atoms with E-state index in [2.05, 4.69) is 12.0 Å². The monoisotopic (exact) mass is 225 g/mol. The molecule has 90 valence electrons. The number of nitrogens with zero attached hydrogens (tertiary/aromatic N) is 2. The maximum Gasteiger partial charge on any atom is 0.303 e. The van der Waals surface area contributed by atoms with Crippen molar-refractivity contribution < 1.29 is 9.90 Å². The summed E-state index contributed by atoms with van der Waals surface area (Å²) < 4.78 is 1.89. The van der Waals surface area contributed by atoms with Gasteiger partial charge in [0, 0.05) is 25.2 Å². The van der Waals surface area contributed by atoms with Gasteiger partial charge in [-0.05, 0) is 24.8 Å². The molecule has 0 amide bonds. The van der Waals surface area contributed by atoms with Crippen molar-refractivity contribution in [3.63, 3.8) is 0 Å². The lowest BCUT2D eigenvalue weighted by Crippen LogP contribution is -2.23. The summed E-state index contributed by atoms with van der Waals surface area (Å²) in [7, 11) is 0. The second kappa shape index (κ2) is 6.27. The second-order valence-corrected chi connectivity index (χ2v) is 4.01. The van der Waals surface area contributed by atoms with Crippen LogP contribution in [0.5, 0.6) is 0 Å². The van der Waals surface area contributed by atoms with Gasteiger partial charge in [-0.2, -0.15) is 5.10 Å². The molecule has 0 saturated carbocycles. The smallest absolute Gasteiger partial charge is 0.303 e. The van der Waals surface area contributed by atoms with Crippen LogP contribution < -0.4 is 5.73 Å². The Hall–Kier alpha value is -1.36. The fourth-order valence-corrected chi connectivity index (χ4v) is 1.58. The van der Waals surface area contributed by atoms with Crippen LogP contribution in [-0.2, 0) is 17.8 Å². The second-order valence-electron chi connectivity index (χ2n) is 4.01. The van der Waals surface area contributed by atoms with Crippen LogP contribution in [0.4, 0.5) is 0 Å². The highest BCUT2D eigenvalue weighted by Crippen LogP contribution is 2.05. The Kier molecular flexibility index (Phi) is 4.98. The number of carboxylic acid groups (broad SMARTS) is 1. The lowest BCUT2D eigenvalue weighted by atomic mass is 10.1. The van der Waals surface area contributed by atoms with Gasteiger partial charge in [-0.15, -0.1) is 0 Å². The van der Waals surface area contributed by atoms with E-state index < -0.39 is 5.97 Å². The Bertz CT molecular complexity index is 336. The molecule has 16 heavy (non-hydrogen) atoms. The van der Waals surface area contributed by atoms with Crippen molar-refractivity contribution in [3.8, 4) is 0 Å². The van der Waals surface area contributed by atoms with E-state index in [0.717, 1.165) is 18.5 Å². The fourth-order valence-electron chi connectivity index (χ4n) is 1.58. The first-order chi connectivity index (χ1) is 7.61. The summed E-state index contributed by atoms with van der Waals surface area (Å²) in [4.78, 5) is 10.4. The number of aromatic nitrogens is 2. The van der Waals surface area contributed by atoms with Crippen LogP contribution >= 0.6 is 0 Å². The number of nitrogens with two attached hydrogens (primary N) is 1. The minimum Gasteiger partial charge on any atom is -0.481 e. The fraction of sp³-hybridized carbons (Fsp3) is 0.636. The van der Waals surface area contributed by atoms with Gasteiger partial charge < -0.3 is 10.8 Å². The standard InChI is InChI=1S/C11H19N3O2/c1-2-5-14-8-9(7-13-14)6-10(12)3-4-11(15)16/h7-8,10H,2-6,12H2,1H3,(H,15,16). The van der Waals surface area contributed by atoms with E-state index in [1.807, 2.05) is 10.9 Å². The van der Waals surface area contributed by atoms with Crippen LogP contribution in [0.2, 0.25) is 0 Å². The first kappa shape index (κ1) is 12.7. The summed E-state index contributed by atoms with van der Waals surface area (Å²) in [6.45, 7) is 3.00. The zero-order valence-electron chi connectivity index (χ0n) is 9.59. The molecule has 0 aromatic carbocycles. The van der Waals surface area contributed by atoms with Crippen LogP contribution in [0.1, 0.15) is 31.7 Å². The predicted octanol–water partition coefficient (Wildman–Crippen LogP) is 1.03. The summed E-state index contributed by atoms with van der Waals surface area (Å²) in [5.41, 5.74) is 6.91. The van der Waals surface area contributed by atoms with Crippen LogP contribution in [0.3, 0.4) is 0 Å². The summed E-state index contributed by atoms with van der Waals surface area (Å²) in [5, 5.41) is 12.7. The first-order valence-corrected chi connectivity index (χ1v) is 5.60. The summed E-state index contributed by atoms with van der Waals surface area (Å²) in [6.07, 6.45) is 6.15. The largest absolute Gasteiger partial charge is 0.481 e. The van der Waals surface area contributed by atoms with Crippen LogP contribution in [0, 0.1) is 0 Å². The van der Waals surface area contributed by atoms with E-state index in [0.29, 0.717) is 12.8 Å². The molecule has 1 aromatic rings. The van der Waals surface area contributed by atoms with E-state index in [9.17, 15) is 4.79 Å². The number of hydrogen-bond acceptors (Lipinski definition) is 3. The summed E-state index contributed by atoms with van der Waals surface area (Å²) in [6, 6.07) is -0.102. The highest BCUT2D eigenvalue weighted by Gasteiger charge is 2.08. The average Bonchev–Trinajstić information content (AvgIpc) is 2.63. The van der Waals surface area contributed by atoms with Gasteiger partial charge >= 0.3 is 5.97 Å². The Balaban J connectivity index is 2.37. The van der Waals surface area contributed by atoms with Gasteiger partial charge in [-0.3, -0.25) is 9.48 Å². The normalized spacial score (nSPS) is 12.6. The van der Waals surface area contributed by atoms with Crippen molar-refractivity contribution in [2.75, 3.05) is 0 Å². The zero-order valence-corrected chi connectivity index (χ0v) is 9.59. The molecule has 0 radical (unpaired) electrons. The molecular weight excluding hydrogens is 206 g/mol. The highest BCUT2D eigenvalue weighted by molar-refractivity contribution is 5.66. The van der Waals surface area contributed by atoms with Crippen molar-refractivity contribution in [1.82, 2.24) is 9.78 Å². The lowest BCUT2D eigenvalue weighted by molar-refractivity contribution is -0.137. The molecule has 1 heterocycles. The quantitative estimate of drug-likeness (QED) is 0.726. The van der Waals surface area contributed by atoms with Gasteiger partial charge in [-0.25, -0.2) is 0 Å². The highest BCUT2D eigenvalue weighted by atomic mass is 16.4. The Labute approximate surface area is 95.3 Å². The van der Waals surface area contributed by atoms with Gasteiger partial charge in [0.05, 0.1) is 6.20 Å². The minimum absolute atomic E-state index is 0.102. The molecule has 1 atom stereocenters. The molecule has 3 N–H and O–H groups in total. The van der Waals surface area contributed by atoms with Crippen molar-refractivity contribution in [3.05, 3.63) is 18.0 Å². The van der Waals surface area contributed by atoms with Crippen LogP contribution in [-0.4, -0.2) is 26.9 Å². The topological polar surface area (TPSA) is 81.1 Å². The Morgan fingerprint density at radius 3 is 3.06 bits per heavy atom. The number of carbonyl (C=O) groups is 1. The van der Waals surface area contributed by atoms with Gasteiger partial charge in [0.15, 0.2) is 0 Å². The number of carboxylic acids is 1. The third-order valence-corrected chi connectivity index (χ3v) is 2.37. The SMILES string of the molecule is CCCn1cc(CC(N)CCC(=O)O)cn1. The molecule has 1 unspecified atom stereocenters. The first-order valence-electron chi connectivity index (χ1n) is 5.60. The molecule has 5 heteroatoms. The van der Waals surface area contributed by atoms with Gasteiger partial charge in [0.1, 0.15) is 0 Å². The molecule has 5 nitrogen and oxygen atoms in total. The molecule has 1 aromatic heterocycles. The minimum atomic E-state index is -0.794. The van der Waals surface area contributed by atoms with Gasteiger partial charge in [0.2, 0.25) is 0 Å². The number of hydrogen-bond donors (Lipinski definition) is 2. The van der Waals surface area contributed by atoms with E-state index in [1.165, 1.54) is 0 Å². The Morgan fingerprint density at radius 2 is 2.44 bits per heavy atom.